The van der Waals surface area contributed by atoms with Crippen molar-refractivity contribution in [3.63, 3.8) is 0 Å². The van der Waals surface area contributed by atoms with Crippen molar-refractivity contribution in [2.75, 3.05) is 38.7 Å². The van der Waals surface area contributed by atoms with Crippen LogP contribution in [0, 0.1) is 0 Å². The van der Waals surface area contributed by atoms with Crippen LogP contribution in [0.15, 0.2) is 42.5 Å². The number of benzene rings is 2. The van der Waals surface area contributed by atoms with Gasteiger partial charge in [0.1, 0.15) is 18.4 Å². The largest absolute Gasteiger partial charge is 0.494 e. The maximum absolute atomic E-state index is 12.9. The van der Waals surface area contributed by atoms with E-state index in [0.717, 1.165) is 6.42 Å². The smallest absolute Gasteiger partial charge is 0.255 e. The molecule has 11 heteroatoms. The van der Waals surface area contributed by atoms with E-state index in [0.29, 0.717) is 60.7 Å². The monoisotopic (exact) mass is 550 g/mol. The summed E-state index contributed by atoms with van der Waals surface area (Å²) in [7, 11) is 1.50. The first-order chi connectivity index (χ1) is 19.3. The molecule has 0 radical (unpaired) electrons. The van der Waals surface area contributed by atoms with E-state index in [4.69, 9.17) is 9.47 Å². The lowest BCUT2D eigenvalue weighted by Gasteiger charge is -2.29. The Bertz CT molecular complexity index is 1280. The van der Waals surface area contributed by atoms with Crippen LogP contribution in [0.25, 0.3) is 0 Å². The van der Waals surface area contributed by atoms with Crippen LogP contribution >= 0.6 is 0 Å². The highest BCUT2D eigenvalue weighted by molar-refractivity contribution is 6.07. The number of nitrogens with zero attached hydrogens (tertiary/aromatic N) is 2. The van der Waals surface area contributed by atoms with Crippen molar-refractivity contribution in [3.05, 3.63) is 59.2 Å². The zero-order chi connectivity index (χ0) is 28.6. The summed E-state index contributed by atoms with van der Waals surface area (Å²) in [5.41, 5.74) is 2.15. The van der Waals surface area contributed by atoms with Gasteiger partial charge in [0, 0.05) is 50.0 Å². The molecule has 1 saturated heterocycles. The van der Waals surface area contributed by atoms with Crippen molar-refractivity contribution >= 4 is 35.2 Å². The topological polar surface area (TPSA) is 134 Å². The number of anilines is 1. The number of rotatable bonds is 12. The summed E-state index contributed by atoms with van der Waals surface area (Å²) in [6.07, 6.45) is 2.01. The Balaban J connectivity index is 1.28. The molecule has 2 aliphatic rings. The molecule has 0 spiro atoms. The number of carbonyl (C=O) groups is 5. The molecule has 5 amide bonds. The zero-order valence-electron chi connectivity index (χ0n) is 22.7. The summed E-state index contributed by atoms with van der Waals surface area (Å²) in [6.45, 7) is 3.99. The molecule has 1 fully saturated rings. The Labute approximate surface area is 232 Å². The normalized spacial score (nSPS) is 16.4. The Hall–Kier alpha value is -4.25. The van der Waals surface area contributed by atoms with Crippen molar-refractivity contribution in [3.8, 4) is 5.75 Å². The maximum atomic E-state index is 12.9. The first-order valence-electron chi connectivity index (χ1n) is 13.4. The molecule has 1 atom stereocenters. The molecule has 1 unspecified atom stereocenters. The molecule has 212 valence electrons. The van der Waals surface area contributed by atoms with Crippen LogP contribution in [-0.4, -0.2) is 78.8 Å². The van der Waals surface area contributed by atoms with Gasteiger partial charge in [0.2, 0.25) is 17.7 Å². The van der Waals surface area contributed by atoms with Crippen LogP contribution < -0.4 is 15.4 Å². The lowest BCUT2D eigenvalue weighted by atomic mass is 10.0. The van der Waals surface area contributed by atoms with E-state index in [-0.39, 0.29) is 43.2 Å². The van der Waals surface area contributed by atoms with E-state index >= 15 is 0 Å². The molecule has 0 saturated carbocycles. The van der Waals surface area contributed by atoms with Gasteiger partial charge in [0.05, 0.1) is 6.61 Å². The van der Waals surface area contributed by atoms with Crippen LogP contribution in [0.5, 0.6) is 5.75 Å². The van der Waals surface area contributed by atoms with E-state index < -0.39 is 11.9 Å². The maximum Gasteiger partial charge on any atom is 0.255 e. The van der Waals surface area contributed by atoms with Crippen molar-refractivity contribution in [1.29, 1.82) is 0 Å². The van der Waals surface area contributed by atoms with Gasteiger partial charge in [-0.3, -0.25) is 29.3 Å². The third-order valence-electron chi connectivity index (χ3n) is 6.85. The number of ether oxygens (including phenoxy) is 2. The lowest BCUT2D eigenvalue weighted by molar-refractivity contribution is -0.137. The molecule has 2 heterocycles. The van der Waals surface area contributed by atoms with Gasteiger partial charge in [-0.25, -0.2) is 0 Å². The number of nitrogens with one attached hydrogen (secondary N) is 2. The SMILES string of the molecule is CCCN(CCCOc1ccc(C(=O)Nc2ccc3c(c2)CN(C2CCC(=O)NC2=O)C3=O)cc1)C(=O)COC. The second-order valence-corrected chi connectivity index (χ2v) is 9.77. The fourth-order valence-electron chi connectivity index (χ4n) is 4.85. The van der Waals surface area contributed by atoms with E-state index in [1.54, 1.807) is 47.4 Å². The summed E-state index contributed by atoms with van der Waals surface area (Å²) in [6, 6.07) is 11.1. The molecule has 2 aliphatic heterocycles. The van der Waals surface area contributed by atoms with Crippen LogP contribution in [0.4, 0.5) is 5.69 Å². The summed E-state index contributed by atoms with van der Waals surface area (Å²) in [4.78, 5) is 64.7. The molecule has 40 heavy (non-hydrogen) atoms. The summed E-state index contributed by atoms with van der Waals surface area (Å²) < 4.78 is 10.7. The van der Waals surface area contributed by atoms with Crippen LogP contribution in [-0.2, 0) is 25.7 Å². The van der Waals surface area contributed by atoms with E-state index in [9.17, 15) is 24.0 Å². The zero-order valence-corrected chi connectivity index (χ0v) is 22.7. The van der Waals surface area contributed by atoms with E-state index in [1.807, 2.05) is 6.92 Å². The molecule has 2 aromatic rings. The Morgan fingerprint density at radius 3 is 2.58 bits per heavy atom. The van der Waals surface area contributed by atoms with Crippen LogP contribution in [0.1, 0.15) is 58.9 Å². The van der Waals surface area contributed by atoms with Crippen molar-refractivity contribution in [2.45, 2.75) is 45.2 Å². The minimum atomic E-state index is -0.690. The fourth-order valence-corrected chi connectivity index (χ4v) is 4.85. The number of amides is 5. The van der Waals surface area contributed by atoms with Crippen LogP contribution in [0.3, 0.4) is 0 Å². The highest BCUT2D eigenvalue weighted by atomic mass is 16.5. The number of fused-ring (bicyclic) bond motifs is 1. The van der Waals surface area contributed by atoms with Gasteiger partial charge < -0.3 is 24.6 Å². The molecule has 4 rings (SSSR count). The number of imide groups is 1. The molecule has 11 nitrogen and oxygen atoms in total. The third-order valence-corrected chi connectivity index (χ3v) is 6.85. The summed E-state index contributed by atoms with van der Waals surface area (Å²) in [5.74, 6) is -0.802. The highest BCUT2D eigenvalue weighted by Gasteiger charge is 2.39. The number of carbonyl (C=O) groups excluding carboxylic acids is 5. The van der Waals surface area contributed by atoms with Gasteiger partial charge in [-0.1, -0.05) is 6.92 Å². The molecular formula is C29H34N4O7. The predicted molar refractivity (Wildman–Crippen MR) is 146 cm³/mol. The number of piperidine rings is 1. The molecular weight excluding hydrogens is 516 g/mol. The van der Waals surface area contributed by atoms with Gasteiger partial charge >= 0.3 is 0 Å². The number of hydrogen-bond donors (Lipinski definition) is 2. The second kappa shape index (κ2) is 13.2. The quantitative estimate of drug-likeness (QED) is 0.306. The molecule has 2 aromatic carbocycles. The number of hydrogen-bond acceptors (Lipinski definition) is 7. The van der Waals surface area contributed by atoms with E-state index in [1.165, 1.54) is 12.0 Å². The summed E-state index contributed by atoms with van der Waals surface area (Å²) >= 11 is 0. The first kappa shape index (κ1) is 28.8. The average molecular weight is 551 g/mol. The van der Waals surface area contributed by atoms with Gasteiger partial charge in [0.15, 0.2) is 0 Å². The standard InChI is InChI=1S/C29H34N4O7/c1-3-13-32(26(35)18-39-2)14-4-15-40-22-8-5-19(6-9-22)27(36)30-21-7-10-23-20(16-21)17-33(29(23)38)24-11-12-25(34)31-28(24)37/h5-10,16,24H,3-4,11-15,17-18H2,1-2H3,(H,30,36)(H,31,34,37). The molecule has 0 aromatic heterocycles. The summed E-state index contributed by atoms with van der Waals surface area (Å²) in [5, 5.41) is 5.14. The minimum Gasteiger partial charge on any atom is -0.494 e. The Kier molecular flexibility index (Phi) is 9.49. The third kappa shape index (κ3) is 6.84. The molecule has 0 aliphatic carbocycles. The van der Waals surface area contributed by atoms with Gasteiger partial charge in [-0.05, 0) is 67.3 Å². The van der Waals surface area contributed by atoms with Gasteiger partial charge in [-0.15, -0.1) is 0 Å². The average Bonchev–Trinajstić information content (AvgIpc) is 3.26. The van der Waals surface area contributed by atoms with Gasteiger partial charge in [-0.2, -0.15) is 0 Å². The van der Waals surface area contributed by atoms with Crippen molar-refractivity contribution < 1.29 is 33.4 Å². The number of methoxy groups -OCH3 is 1. The predicted octanol–water partition coefficient (Wildman–Crippen LogP) is 2.35. The fraction of sp³-hybridized carbons (Fsp3) is 0.414. The molecule has 2 N–H and O–H groups in total. The highest BCUT2D eigenvalue weighted by Crippen LogP contribution is 2.29. The van der Waals surface area contributed by atoms with Crippen LogP contribution in [0.2, 0.25) is 0 Å². The Morgan fingerprint density at radius 2 is 1.88 bits per heavy atom. The minimum absolute atomic E-state index is 0.0404. The first-order valence-corrected chi connectivity index (χ1v) is 13.4. The molecule has 0 bridgehead atoms. The lowest BCUT2D eigenvalue weighted by Crippen LogP contribution is -2.52. The van der Waals surface area contributed by atoms with Crippen molar-refractivity contribution in [2.24, 2.45) is 0 Å². The van der Waals surface area contributed by atoms with E-state index in [2.05, 4.69) is 10.6 Å². The Morgan fingerprint density at radius 1 is 1.10 bits per heavy atom. The van der Waals surface area contributed by atoms with Crippen molar-refractivity contribution in [1.82, 2.24) is 15.1 Å². The van der Waals surface area contributed by atoms with Gasteiger partial charge in [0.25, 0.3) is 11.8 Å². The second-order valence-electron chi connectivity index (χ2n) is 9.77.